The number of amides is 1. The van der Waals surface area contributed by atoms with E-state index >= 15 is 0 Å². The average molecular weight is 322 g/mol. The molecule has 1 unspecified atom stereocenters. The fraction of sp³-hybridized carbons (Fsp3) is 0.588. The molecule has 0 spiro atoms. The van der Waals surface area contributed by atoms with Crippen LogP contribution >= 0.6 is 11.8 Å². The lowest BCUT2D eigenvalue weighted by atomic mass is 10.1. The molecule has 0 aromatic heterocycles. The Bertz CT molecular complexity index is 507. The maximum absolute atomic E-state index is 12.5. The summed E-state index contributed by atoms with van der Waals surface area (Å²) in [6, 6.07) is 6.27. The molecule has 1 aromatic carbocycles. The number of likely N-dealkylation sites (tertiary alicyclic amines) is 1. The van der Waals surface area contributed by atoms with Crippen LogP contribution in [0.25, 0.3) is 0 Å². The maximum Gasteiger partial charge on any atom is 0.255 e. The van der Waals surface area contributed by atoms with Gasteiger partial charge >= 0.3 is 0 Å². The van der Waals surface area contributed by atoms with E-state index in [2.05, 4.69) is 24.1 Å². The van der Waals surface area contributed by atoms with Crippen LogP contribution in [0.3, 0.4) is 0 Å². The van der Waals surface area contributed by atoms with Crippen LogP contribution < -0.4 is 10.1 Å². The van der Waals surface area contributed by atoms with Crippen molar-refractivity contribution >= 4 is 17.7 Å². The second-order valence-electron chi connectivity index (χ2n) is 5.43. The third kappa shape index (κ3) is 4.17. The normalized spacial score (nSPS) is 18.4. The molecule has 0 saturated carbocycles. The van der Waals surface area contributed by atoms with Gasteiger partial charge in [-0.1, -0.05) is 13.8 Å². The molecule has 1 fully saturated rings. The molecule has 1 aliphatic rings. The molecule has 1 N–H and O–H groups in total. The van der Waals surface area contributed by atoms with Gasteiger partial charge in [0.05, 0.1) is 12.7 Å². The highest BCUT2D eigenvalue weighted by Crippen LogP contribution is 2.26. The van der Waals surface area contributed by atoms with Gasteiger partial charge < -0.3 is 10.1 Å². The highest BCUT2D eigenvalue weighted by molar-refractivity contribution is 7.99. The first-order valence-electron chi connectivity index (χ1n) is 8.02. The third-order valence-corrected chi connectivity index (χ3v) is 5.01. The number of nitrogens with one attached hydrogen (secondary N) is 1. The summed E-state index contributed by atoms with van der Waals surface area (Å²) in [4.78, 5) is 16.0. The number of rotatable bonds is 7. The lowest BCUT2D eigenvalue weighted by Crippen LogP contribution is -2.40. The Morgan fingerprint density at radius 2 is 2.27 bits per heavy atom. The van der Waals surface area contributed by atoms with Crippen LogP contribution in [0, 0.1) is 0 Å². The van der Waals surface area contributed by atoms with Crippen LogP contribution in [0.4, 0.5) is 0 Å². The van der Waals surface area contributed by atoms with Crippen LogP contribution in [0.1, 0.15) is 37.0 Å². The molecule has 1 saturated heterocycles. The molecule has 1 aliphatic heterocycles. The van der Waals surface area contributed by atoms with Crippen molar-refractivity contribution < 1.29 is 9.53 Å². The quantitative estimate of drug-likeness (QED) is 0.784. The molecule has 1 amide bonds. The highest BCUT2D eigenvalue weighted by Gasteiger charge is 2.24. The van der Waals surface area contributed by atoms with E-state index in [1.807, 2.05) is 18.2 Å². The van der Waals surface area contributed by atoms with Crippen molar-refractivity contribution in [2.75, 3.05) is 32.5 Å². The fourth-order valence-electron chi connectivity index (χ4n) is 2.97. The number of hydrogen-bond donors (Lipinski definition) is 1. The van der Waals surface area contributed by atoms with E-state index in [-0.39, 0.29) is 5.91 Å². The summed E-state index contributed by atoms with van der Waals surface area (Å²) in [6.45, 7) is 7.18. The van der Waals surface area contributed by atoms with Gasteiger partial charge in [0.15, 0.2) is 0 Å². The number of methoxy groups -OCH3 is 1. The lowest BCUT2D eigenvalue weighted by molar-refractivity contribution is 0.0938. The van der Waals surface area contributed by atoms with Gasteiger partial charge in [-0.25, -0.2) is 0 Å². The molecule has 0 bridgehead atoms. The predicted molar refractivity (Wildman–Crippen MR) is 92.0 cm³/mol. The van der Waals surface area contributed by atoms with E-state index in [9.17, 15) is 4.79 Å². The maximum atomic E-state index is 12.5. The minimum Gasteiger partial charge on any atom is -0.496 e. The fourth-order valence-corrected chi connectivity index (χ4v) is 3.67. The predicted octanol–water partition coefficient (Wildman–Crippen LogP) is 3.02. The molecule has 4 nitrogen and oxygen atoms in total. The number of ether oxygens (including phenoxy) is 1. The second-order valence-corrected chi connectivity index (χ2v) is 6.77. The summed E-state index contributed by atoms with van der Waals surface area (Å²) < 4.78 is 5.33. The van der Waals surface area contributed by atoms with Crippen molar-refractivity contribution in [1.29, 1.82) is 0 Å². The Morgan fingerprint density at radius 3 is 2.95 bits per heavy atom. The van der Waals surface area contributed by atoms with E-state index < -0.39 is 0 Å². The molecule has 0 radical (unpaired) electrons. The highest BCUT2D eigenvalue weighted by atomic mass is 32.2. The summed E-state index contributed by atoms with van der Waals surface area (Å²) in [5, 5.41) is 3.08. The van der Waals surface area contributed by atoms with Gasteiger partial charge in [-0.2, -0.15) is 0 Å². The van der Waals surface area contributed by atoms with Crippen molar-refractivity contribution in [2.24, 2.45) is 0 Å². The minimum atomic E-state index is -0.0432. The number of carbonyl (C=O) groups is 1. The molecular formula is C17H26N2O2S. The molecule has 0 aliphatic carbocycles. The first-order chi connectivity index (χ1) is 10.7. The first kappa shape index (κ1) is 17.2. The number of nitrogens with zero attached hydrogens (tertiary/aromatic N) is 1. The van der Waals surface area contributed by atoms with Crippen LogP contribution in [0.15, 0.2) is 23.1 Å². The van der Waals surface area contributed by atoms with Gasteiger partial charge in [0, 0.05) is 17.5 Å². The number of benzene rings is 1. The Morgan fingerprint density at radius 1 is 1.45 bits per heavy atom. The van der Waals surface area contributed by atoms with Gasteiger partial charge in [0.1, 0.15) is 5.75 Å². The van der Waals surface area contributed by atoms with Crippen LogP contribution in [-0.4, -0.2) is 49.3 Å². The first-order valence-corrected chi connectivity index (χ1v) is 9.01. The Balaban J connectivity index is 2.03. The van der Waals surface area contributed by atoms with Crippen molar-refractivity contribution in [3.8, 4) is 5.75 Å². The number of carbonyl (C=O) groups excluding carboxylic acids is 1. The monoisotopic (exact) mass is 322 g/mol. The number of thioether (sulfide) groups is 1. The SMILES string of the molecule is CCSc1ccc(OC)c(C(=O)NCC2CCCN2CC)c1. The van der Waals surface area contributed by atoms with E-state index in [0.717, 1.165) is 30.2 Å². The minimum absolute atomic E-state index is 0.0432. The number of hydrogen-bond acceptors (Lipinski definition) is 4. The van der Waals surface area contributed by atoms with Crippen LogP contribution in [0.2, 0.25) is 0 Å². The Hall–Kier alpha value is -1.20. The van der Waals surface area contributed by atoms with Crippen molar-refractivity contribution in [3.63, 3.8) is 0 Å². The summed E-state index contributed by atoms with van der Waals surface area (Å²) >= 11 is 1.73. The molecule has 1 atom stereocenters. The van der Waals surface area contributed by atoms with Crippen molar-refractivity contribution in [3.05, 3.63) is 23.8 Å². The van der Waals surface area contributed by atoms with E-state index in [1.165, 1.54) is 6.42 Å². The molecule has 2 rings (SSSR count). The van der Waals surface area contributed by atoms with Crippen molar-refractivity contribution in [2.45, 2.75) is 37.6 Å². The average Bonchev–Trinajstić information content (AvgIpc) is 3.00. The van der Waals surface area contributed by atoms with E-state index in [4.69, 9.17) is 4.74 Å². The largest absolute Gasteiger partial charge is 0.496 e. The van der Waals surface area contributed by atoms with Gasteiger partial charge in [0.25, 0.3) is 5.91 Å². The summed E-state index contributed by atoms with van der Waals surface area (Å²) in [5.41, 5.74) is 0.627. The van der Waals surface area contributed by atoms with Crippen LogP contribution in [0.5, 0.6) is 5.75 Å². The Kier molecular flexibility index (Phi) is 6.58. The topological polar surface area (TPSA) is 41.6 Å². The number of likely N-dealkylation sites (N-methyl/N-ethyl adjacent to an activating group) is 1. The van der Waals surface area contributed by atoms with Crippen LogP contribution in [-0.2, 0) is 0 Å². The molecule has 5 heteroatoms. The summed E-state index contributed by atoms with van der Waals surface area (Å²) in [7, 11) is 1.61. The zero-order chi connectivity index (χ0) is 15.9. The zero-order valence-corrected chi connectivity index (χ0v) is 14.5. The van der Waals surface area contributed by atoms with E-state index in [1.54, 1.807) is 18.9 Å². The summed E-state index contributed by atoms with van der Waals surface area (Å²) in [6.07, 6.45) is 2.39. The molecule has 1 aromatic rings. The van der Waals surface area contributed by atoms with Crippen molar-refractivity contribution in [1.82, 2.24) is 10.2 Å². The molecule has 122 valence electrons. The smallest absolute Gasteiger partial charge is 0.255 e. The molecular weight excluding hydrogens is 296 g/mol. The lowest BCUT2D eigenvalue weighted by Gasteiger charge is -2.23. The second kappa shape index (κ2) is 8.44. The zero-order valence-electron chi connectivity index (χ0n) is 13.7. The van der Waals surface area contributed by atoms with Gasteiger partial charge in [-0.15, -0.1) is 11.8 Å². The summed E-state index contributed by atoms with van der Waals surface area (Å²) in [5.74, 6) is 1.58. The van der Waals surface area contributed by atoms with E-state index in [0.29, 0.717) is 23.9 Å². The molecule has 1 heterocycles. The van der Waals surface area contributed by atoms with Gasteiger partial charge in [0.2, 0.25) is 0 Å². The Labute approximate surface area is 137 Å². The third-order valence-electron chi connectivity index (χ3n) is 4.13. The molecule has 22 heavy (non-hydrogen) atoms. The van der Waals surface area contributed by atoms with Gasteiger partial charge in [-0.3, -0.25) is 9.69 Å². The van der Waals surface area contributed by atoms with Gasteiger partial charge in [-0.05, 0) is 49.9 Å². The standard InChI is InChI=1S/C17H26N2O2S/c1-4-19-10-6-7-13(19)12-18-17(20)15-11-14(22-5-2)8-9-16(15)21-3/h8-9,11,13H,4-7,10,12H2,1-3H3,(H,18,20).